The molecule has 5 aliphatic rings. The monoisotopic (exact) mass is 704 g/mol. The summed E-state index contributed by atoms with van der Waals surface area (Å²) in [5.41, 5.74) is 5.22. The van der Waals surface area contributed by atoms with Gasteiger partial charge in [0.2, 0.25) is 5.91 Å². The number of ether oxygens (including phenoxy) is 3. The Hall–Kier alpha value is -2.09. The lowest BCUT2D eigenvalue weighted by Gasteiger charge is -2.48. The second kappa shape index (κ2) is 16.7. The molecule has 10 atom stereocenters. The summed E-state index contributed by atoms with van der Waals surface area (Å²) in [4.78, 5) is 41.9. The van der Waals surface area contributed by atoms with E-state index < -0.39 is 11.2 Å². The van der Waals surface area contributed by atoms with Crippen LogP contribution in [-0.2, 0) is 28.6 Å². The molecule has 0 radical (unpaired) electrons. The van der Waals surface area contributed by atoms with Crippen LogP contribution < -0.4 is 16.4 Å². The Morgan fingerprint density at radius 2 is 1.92 bits per heavy atom. The first-order valence-electron chi connectivity index (χ1n) is 19.2. The molecule has 8 unspecified atom stereocenters. The van der Waals surface area contributed by atoms with Crippen molar-refractivity contribution < 1.29 is 38.8 Å². The minimum atomic E-state index is -0.988. The zero-order chi connectivity index (χ0) is 36.2. The third-order valence-corrected chi connectivity index (χ3v) is 12.8. The molecule has 0 aromatic carbocycles. The lowest BCUT2D eigenvalue weighted by Crippen LogP contribution is -2.58. The molecule has 6 N–H and O–H groups in total. The average molecular weight is 705 g/mol. The van der Waals surface area contributed by atoms with E-state index in [1.807, 2.05) is 32.7 Å². The van der Waals surface area contributed by atoms with E-state index in [0.717, 1.165) is 26.1 Å². The number of aliphatic hydroxyl groups is 2. The van der Waals surface area contributed by atoms with Gasteiger partial charge in [0.25, 0.3) is 0 Å². The molecule has 1 aliphatic carbocycles. The van der Waals surface area contributed by atoms with E-state index in [4.69, 9.17) is 19.9 Å². The van der Waals surface area contributed by atoms with Gasteiger partial charge in [-0.3, -0.25) is 9.59 Å². The minimum absolute atomic E-state index is 0.0126. The zero-order valence-electron chi connectivity index (χ0n) is 31.0. The van der Waals surface area contributed by atoms with Crippen LogP contribution in [0, 0.1) is 41.4 Å². The van der Waals surface area contributed by atoms with Crippen LogP contribution in [0.5, 0.6) is 0 Å². The summed E-state index contributed by atoms with van der Waals surface area (Å²) in [7, 11) is 1.94. The quantitative estimate of drug-likeness (QED) is 0.125. The first-order valence-corrected chi connectivity index (χ1v) is 19.2. The van der Waals surface area contributed by atoms with Crippen molar-refractivity contribution in [3.05, 3.63) is 11.6 Å². The van der Waals surface area contributed by atoms with Crippen molar-refractivity contribution in [3.8, 4) is 0 Å². The Labute approximate surface area is 298 Å². The molecule has 1 saturated carbocycles. The van der Waals surface area contributed by atoms with Gasteiger partial charge in [-0.15, -0.1) is 0 Å². The normalized spacial score (nSPS) is 35.5. The first kappa shape index (κ1) is 39.1. The van der Waals surface area contributed by atoms with Crippen LogP contribution in [0.3, 0.4) is 0 Å². The van der Waals surface area contributed by atoms with E-state index in [1.165, 1.54) is 0 Å². The van der Waals surface area contributed by atoms with Crippen LogP contribution in [-0.4, -0.2) is 109 Å². The highest BCUT2D eigenvalue weighted by molar-refractivity contribution is 5.88. The number of likely N-dealkylation sites (tertiary alicyclic amines) is 1. The van der Waals surface area contributed by atoms with Gasteiger partial charge in [-0.25, -0.2) is 4.79 Å². The third kappa shape index (κ3) is 8.74. The zero-order valence-corrected chi connectivity index (χ0v) is 31.0. The molecule has 0 aromatic rings. The number of carbonyl (C=O) groups is 3. The van der Waals surface area contributed by atoms with Gasteiger partial charge in [-0.1, -0.05) is 6.08 Å². The van der Waals surface area contributed by atoms with Gasteiger partial charge in [-0.2, -0.15) is 0 Å². The van der Waals surface area contributed by atoms with Gasteiger partial charge in [-0.05, 0) is 116 Å². The summed E-state index contributed by atoms with van der Waals surface area (Å²) in [5, 5.41) is 25.8. The van der Waals surface area contributed by atoms with Crippen LogP contribution in [0.2, 0.25) is 0 Å². The van der Waals surface area contributed by atoms with Crippen molar-refractivity contribution in [1.82, 2.24) is 15.5 Å². The molecule has 5 fully saturated rings. The Morgan fingerprint density at radius 1 is 1.16 bits per heavy atom. The number of rotatable bonds is 15. The second-order valence-electron chi connectivity index (χ2n) is 16.7. The highest BCUT2D eigenvalue weighted by Gasteiger charge is 2.61. The van der Waals surface area contributed by atoms with Crippen molar-refractivity contribution in [2.75, 3.05) is 46.4 Å². The first-order chi connectivity index (χ1) is 23.8. The maximum atomic E-state index is 13.5. The molecule has 0 aromatic heterocycles. The van der Waals surface area contributed by atoms with Gasteiger partial charge >= 0.3 is 11.9 Å². The van der Waals surface area contributed by atoms with Gasteiger partial charge < -0.3 is 45.7 Å². The van der Waals surface area contributed by atoms with Gasteiger partial charge in [0.05, 0.1) is 18.2 Å². The molecule has 12 nitrogen and oxygen atoms in total. The fraction of sp³-hybridized carbons (Fsp3) is 0.868. The van der Waals surface area contributed by atoms with E-state index in [0.29, 0.717) is 75.8 Å². The molecule has 0 spiro atoms. The smallest absolute Gasteiger partial charge is 0.334 e. The topological polar surface area (TPSA) is 173 Å². The fourth-order valence-electron chi connectivity index (χ4n) is 9.60. The number of allylic oxidation sites excluding steroid dienone is 1. The highest BCUT2D eigenvalue weighted by atomic mass is 16.6. The van der Waals surface area contributed by atoms with Crippen LogP contribution in [0.25, 0.3) is 0 Å². The Bertz CT molecular complexity index is 1220. The lowest BCUT2D eigenvalue weighted by atomic mass is 9.66. The summed E-state index contributed by atoms with van der Waals surface area (Å²) in [6.45, 7) is 10.7. The van der Waals surface area contributed by atoms with Crippen molar-refractivity contribution >= 4 is 17.8 Å². The number of fused-ring (bicyclic) bond motifs is 2. The number of hydrogen-bond donors (Lipinski definition) is 5. The molecular formula is C38H64N4O8. The summed E-state index contributed by atoms with van der Waals surface area (Å²) in [6, 6.07) is 0. The van der Waals surface area contributed by atoms with E-state index in [2.05, 4.69) is 10.6 Å². The molecule has 12 heteroatoms. The van der Waals surface area contributed by atoms with Gasteiger partial charge in [0.15, 0.2) is 0 Å². The molecular weight excluding hydrogens is 640 g/mol. The Kier molecular flexibility index (Phi) is 13.1. The van der Waals surface area contributed by atoms with Crippen LogP contribution in [0.15, 0.2) is 11.6 Å². The molecule has 5 rings (SSSR count). The average Bonchev–Trinajstić information content (AvgIpc) is 3.42. The molecule has 284 valence electrons. The van der Waals surface area contributed by atoms with Crippen LogP contribution in [0.1, 0.15) is 91.9 Å². The SMILES string of the molecule is CC=C(C)C(=O)OC(C)(C)[C@@]1(CC2CC(N)NCC2CC(=O)N2CC(CNC)C2)CC2CC3CC(C[C@H](CO)CCCO)C(=O)OC3CC2O1. The maximum absolute atomic E-state index is 13.5. The largest absolute Gasteiger partial charge is 0.462 e. The van der Waals surface area contributed by atoms with E-state index >= 15 is 0 Å². The van der Waals surface area contributed by atoms with E-state index in [9.17, 15) is 24.6 Å². The van der Waals surface area contributed by atoms with Crippen molar-refractivity contribution in [2.24, 2.45) is 47.2 Å². The number of nitrogens with one attached hydrogen (secondary N) is 2. The third-order valence-electron chi connectivity index (χ3n) is 12.8. The highest BCUT2D eigenvalue weighted by Crippen LogP contribution is 2.55. The number of aliphatic hydroxyl groups excluding tert-OH is 2. The Balaban J connectivity index is 1.35. The van der Waals surface area contributed by atoms with Crippen LogP contribution in [0.4, 0.5) is 0 Å². The summed E-state index contributed by atoms with van der Waals surface area (Å²) in [6.07, 6.45) is 7.57. The number of carbonyl (C=O) groups excluding carboxylic acids is 3. The molecule has 1 amide bonds. The predicted molar refractivity (Wildman–Crippen MR) is 188 cm³/mol. The number of nitrogens with two attached hydrogens (primary N) is 1. The minimum Gasteiger partial charge on any atom is -0.462 e. The van der Waals surface area contributed by atoms with E-state index in [1.54, 1.807) is 13.0 Å². The van der Waals surface area contributed by atoms with Crippen LogP contribution >= 0.6 is 0 Å². The number of esters is 2. The second-order valence-corrected chi connectivity index (χ2v) is 16.7. The fourth-order valence-corrected chi connectivity index (χ4v) is 9.60. The van der Waals surface area contributed by atoms with Gasteiger partial charge in [0.1, 0.15) is 17.3 Å². The number of nitrogens with zero attached hydrogens (tertiary/aromatic N) is 1. The molecule has 4 saturated heterocycles. The predicted octanol–water partition coefficient (Wildman–Crippen LogP) is 2.50. The lowest BCUT2D eigenvalue weighted by molar-refractivity contribution is -0.208. The van der Waals surface area contributed by atoms with Crippen molar-refractivity contribution in [2.45, 2.75) is 121 Å². The van der Waals surface area contributed by atoms with Crippen molar-refractivity contribution in [1.29, 1.82) is 0 Å². The molecule has 4 heterocycles. The maximum Gasteiger partial charge on any atom is 0.334 e. The number of piperidine rings is 1. The number of hydrogen-bond acceptors (Lipinski definition) is 11. The van der Waals surface area contributed by atoms with E-state index in [-0.39, 0.29) is 84.9 Å². The summed E-state index contributed by atoms with van der Waals surface area (Å²) >= 11 is 0. The number of amides is 1. The Morgan fingerprint density at radius 3 is 2.60 bits per heavy atom. The molecule has 0 bridgehead atoms. The summed E-state index contributed by atoms with van der Waals surface area (Å²) in [5.74, 6) is 0.292. The summed E-state index contributed by atoms with van der Waals surface area (Å²) < 4.78 is 19.6. The van der Waals surface area contributed by atoms with Crippen molar-refractivity contribution in [3.63, 3.8) is 0 Å². The molecule has 4 aliphatic heterocycles. The molecule has 50 heavy (non-hydrogen) atoms. The standard InChI is InChI=1S/C38H64N4O8/c1-6-23(2)35(46)50-37(3,4)38(16-28-13-33(39)41-19-30(28)14-34(45)42-20-25(21-42)18-40-5)17-29-12-26-11-27(10-24(22-44)8-7-9-43)36(47)48-31(26)15-32(29)49-38/h6,24-33,40-41,43-44H,7-22,39H2,1-5H3/t24-,26?,27?,28?,29?,30?,31?,32?,33?,38-/m1/s1. The van der Waals surface area contributed by atoms with Gasteiger partial charge in [0, 0.05) is 63.7 Å².